The van der Waals surface area contributed by atoms with Gasteiger partial charge in [-0.05, 0) is 85.5 Å². The molecule has 43 heavy (non-hydrogen) atoms. The molecule has 2 aromatic rings. The summed E-state index contributed by atoms with van der Waals surface area (Å²) in [4.78, 5) is 23.3. The van der Waals surface area contributed by atoms with Gasteiger partial charge in [-0.25, -0.2) is 4.89 Å². The van der Waals surface area contributed by atoms with Crippen LogP contribution in [0.3, 0.4) is 0 Å². The highest BCUT2D eigenvalue weighted by Crippen LogP contribution is 2.70. The van der Waals surface area contributed by atoms with Crippen LogP contribution in [0.4, 0.5) is 0 Å². The lowest BCUT2D eigenvalue weighted by Crippen LogP contribution is -2.76. The molecule has 4 bridgehead atoms. The summed E-state index contributed by atoms with van der Waals surface area (Å²) in [6, 6.07) is 10.9. The Bertz CT molecular complexity index is 1330. The van der Waals surface area contributed by atoms with Gasteiger partial charge in [0.2, 0.25) is 6.29 Å². The molecular weight excluding hydrogens is 580 g/mol. The van der Waals surface area contributed by atoms with Gasteiger partial charge in [0.15, 0.2) is 5.60 Å². The van der Waals surface area contributed by atoms with Crippen LogP contribution in [0.25, 0.3) is 0 Å². The summed E-state index contributed by atoms with van der Waals surface area (Å²) in [5.74, 6) is 0.665. The summed E-state index contributed by atoms with van der Waals surface area (Å²) in [6.45, 7) is -0.591. The van der Waals surface area contributed by atoms with E-state index in [4.69, 9.17) is 35.6 Å². The second-order valence-corrected chi connectivity index (χ2v) is 13.3. The van der Waals surface area contributed by atoms with Crippen LogP contribution >= 0.6 is 11.6 Å². The zero-order valence-corrected chi connectivity index (χ0v) is 24.6. The van der Waals surface area contributed by atoms with Gasteiger partial charge in [0, 0.05) is 18.2 Å². The quantitative estimate of drug-likeness (QED) is 0.258. The van der Waals surface area contributed by atoms with Crippen LogP contribution < -0.4 is 4.74 Å². The molecule has 6 unspecified atom stereocenters. The molecular formula is C32H37ClO10. The highest BCUT2D eigenvalue weighted by atomic mass is 35.5. The largest absolute Gasteiger partial charge is 0.460 e. The molecule has 2 heterocycles. The van der Waals surface area contributed by atoms with Crippen molar-refractivity contribution in [1.29, 1.82) is 0 Å². The molecule has 0 radical (unpaired) electrons. The average Bonchev–Trinajstić information content (AvgIpc) is 2.99. The summed E-state index contributed by atoms with van der Waals surface area (Å²) >= 11 is 7.12. The van der Waals surface area contributed by atoms with Gasteiger partial charge in [-0.3, -0.25) is 4.79 Å². The zero-order valence-electron chi connectivity index (χ0n) is 23.8. The van der Waals surface area contributed by atoms with E-state index in [-0.39, 0.29) is 22.6 Å². The summed E-state index contributed by atoms with van der Waals surface area (Å²) < 4.78 is 18.0. The molecule has 2 aromatic carbocycles. The lowest BCUT2D eigenvalue weighted by Gasteiger charge is -2.68. The molecule has 232 valence electrons. The number of benzene rings is 2. The number of rotatable bonds is 8. The monoisotopic (exact) mass is 616 g/mol. The minimum atomic E-state index is -1.62. The number of carbonyl (C=O) groups excluding carboxylic acids is 1. The van der Waals surface area contributed by atoms with Crippen LogP contribution in [0.5, 0.6) is 5.75 Å². The second-order valence-electron chi connectivity index (χ2n) is 12.9. The third kappa shape index (κ3) is 4.49. The Balaban J connectivity index is 1.30. The molecule has 2 saturated heterocycles. The summed E-state index contributed by atoms with van der Waals surface area (Å²) in [7, 11) is 1.59. The van der Waals surface area contributed by atoms with Crippen molar-refractivity contribution in [2.45, 2.75) is 80.6 Å². The topological polar surface area (TPSA) is 144 Å². The minimum absolute atomic E-state index is 0.147. The van der Waals surface area contributed by atoms with Crippen LogP contribution in [0.15, 0.2) is 36.4 Å². The molecule has 1 spiro atoms. The van der Waals surface area contributed by atoms with Gasteiger partial charge in [-0.1, -0.05) is 35.9 Å². The van der Waals surface area contributed by atoms with Crippen LogP contribution in [0.2, 0.25) is 5.02 Å². The minimum Gasteiger partial charge on any atom is -0.460 e. The summed E-state index contributed by atoms with van der Waals surface area (Å²) in [6.07, 6.45) is -0.692. The number of aliphatic hydroxyl groups excluding tert-OH is 4. The molecule has 0 aromatic heterocycles. The van der Waals surface area contributed by atoms with Gasteiger partial charge in [0.25, 0.3) is 5.79 Å². The highest BCUT2D eigenvalue weighted by Gasteiger charge is 2.77. The van der Waals surface area contributed by atoms with Crippen molar-refractivity contribution in [1.82, 2.24) is 0 Å². The average molecular weight is 617 g/mol. The maximum absolute atomic E-state index is 11.2. The van der Waals surface area contributed by atoms with E-state index in [9.17, 15) is 25.2 Å². The Morgan fingerprint density at radius 2 is 1.60 bits per heavy atom. The van der Waals surface area contributed by atoms with Crippen molar-refractivity contribution in [3.05, 3.63) is 63.7 Å². The third-order valence-corrected chi connectivity index (χ3v) is 10.9. The SMILES string of the molecule is COC1(c2cc(Cc3ccc(C=O)cc3)cc(OC3OC(CO)C(O)C(O)C3O)c2Cl)OOC12C1CC3CC(C1)CC2C3. The molecule has 8 rings (SSSR count). The number of ether oxygens (including phenoxy) is 3. The molecule has 6 aliphatic rings. The molecule has 6 fully saturated rings. The van der Waals surface area contributed by atoms with Gasteiger partial charge in [0.05, 0.1) is 11.6 Å². The molecule has 4 N–H and O–H groups in total. The molecule has 10 nitrogen and oxygen atoms in total. The van der Waals surface area contributed by atoms with Crippen molar-refractivity contribution in [3.8, 4) is 5.75 Å². The fourth-order valence-electron chi connectivity index (χ4n) is 8.65. The first-order chi connectivity index (χ1) is 20.7. The smallest absolute Gasteiger partial charge is 0.262 e. The maximum atomic E-state index is 11.2. The van der Waals surface area contributed by atoms with E-state index in [1.165, 1.54) is 6.42 Å². The number of carbonyl (C=O) groups is 1. The Morgan fingerprint density at radius 3 is 2.16 bits per heavy atom. The van der Waals surface area contributed by atoms with Crippen molar-refractivity contribution in [2.24, 2.45) is 23.7 Å². The first-order valence-corrected chi connectivity index (χ1v) is 15.4. The lowest BCUT2D eigenvalue weighted by molar-refractivity contribution is -0.645. The Hall–Kier alpha value is -2.12. The number of methoxy groups -OCH3 is 1. The van der Waals surface area contributed by atoms with E-state index < -0.39 is 48.7 Å². The zero-order chi connectivity index (χ0) is 30.1. The number of halogens is 1. The predicted octanol–water partition coefficient (Wildman–Crippen LogP) is 2.88. The molecule has 11 heteroatoms. The van der Waals surface area contributed by atoms with Crippen molar-refractivity contribution in [3.63, 3.8) is 0 Å². The van der Waals surface area contributed by atoms with Crippen molar-refractivity contribution < 1.29 is 49.2 Å². The standard InChI is InChI=1S/C32H37ClO10/c1-39-32(31(42-43-32)21-8-18-7-19(10-21)11-22(31)9-18)23-12-20(6-16-2-4-17(14-34)5-3-16)13-24(26(23)33)40-30-29(38)28(37)27(36)25(15-35)41-30/h2-5,12-14,18-19,21-22,25,27-30,35-38H,6-11,15H2,1H3. The predicted molar refractivity (Wildman–Crippen MR) is 151 cm³/mol. The van der Waals surface area contributed by atoms with Gasteiger partial charge in [-0.15, -0.1) is 0 Å². The molecule has 0 amide bonds. The van der Waals surface area contributed by atoms with E-state index in [1.54, 1.807) is 25.3 Å². The van der Waals surface area contributed by atoms with E-state index in [0.29, 0.717) is 29.4 Å². The Morgan fingerprint density at radius 1 is 0.930 bits per heavy atom. The number of aliphatic hydroxyl groups is 4. The molecule has 4 saturated carbocycles. The van der Waals surface area contributed by atoms with E-state index >= 15 is 0 Å². The van der Waals surface area contributed by atoms with E-state index in [0.717, 1.165) is 43.1 Å². The second kappa shape index (κ2) is 11.0. The molecule has 4 aliphatic carbocycles. The van der Waals surface area contributed by atoms with Crippen LogP contribution in [0.1, 0.15) is 59.2 Å². The summed E-state index contributed by atoms with van der Waals surface area (Å²) in [5.41, 5.74) is 2.08. The van der Waals surface area contributed by atoms with E-state index in [1.807, 2.05) is 18.2 Å². The van der Waals surface area contributed by atoms with Gasteiger partial charge >= 0.3 is 0 Å². The number of hydrogen-bond acceptors (Lipinski definition) is 10. The van der Waals surface area contributed by atoms with Gasteiger partial charge < -0.3 is 34.6 Å². The van der Waals surface area contributed by atoms with Gasteiger partial charge in [0.1, 0.15) is 36.5 Å². The van der Waals surface area contributed by atoms with E-state index in [2.05, 4.69) is 0 Å². The number of hydrogen-bond donors (Lipinski definition) is 4. The Labute approximate surface area is 254 Å². The first-order valence-electron chi connectivity index (χ1n) is 15.0. The van der Waals surface area contributed by atoms with Crippen molar-refractivity contribution in [2.75, 3.05) is 13.7 Å². The number of aldehydes is 1. The van der Waals surface area contributed by atoms with Crippen molar-refractivity contribution >= 4 is 17.9 Å². The highest BCUT2D eigenvalue weighted by molar-refractivity contribution is 6.33. The fraction of sp³-hybridized carbons (Fsp3) is 0.594. The van der Waals surface area contributed by atoms with Gasteiger partial charge in [-0.2, -0.15) is 4.89 Å². The van der Waals surface area contributed by atoms with Crippen LogP contribution in [-0.4, -0.2) is 76.7 Å². The lowest BCUT2D eigenvalue weighted by atomic mass is 9.47. The normalized spacial score (nSPS) is 41.3. The molecule has 2 aliphatic heterocycles. The van der Waals surface area contributed by atoms with Crippen LogP contribution in [-0.2, 0) is 31.5 Å². The Kier molecular flexibility index (Phi) is 7.60. The maximum Gasteiger partial charge on any atom is 0.262 e. The van der Waals surface area contributed by atoms with Crippen LogP contribution in [0, 0.1) is 23.7 Å². The fourth-order valence-corrected chi connectivity index (χ4v) is 8.93. The first kappa shape index (κ1) is 29.6. The summed E-state index contributed by atoms with van der Waals surface area (Å²) in [5, 5.41) is 41.2. The third-order valence-electron chi connectivity index (χ3n) is 10.5. The molecule has 6 atom stereocenters.